The molecule has 0 rings (SSSR count). The molecule has 252 valence electrons. The van der Waals surface area contributed by atoms with Gasteiger partial charge in [0.25, 0.3) is 0 Å². The lowest BCUT2D eigenvalue weighted by Crippen LogP contribution is -2.77. The van der Waals surface area contributed by atoms with Gasteiger partial charge < -0.3 is 9.47 Å². The van der Waals surface area contributed by atoms with Crippen LogP contribution in [0.25, 0.3) is 0 Å². The summed E-state index contributed by atoms with van der Waals surface area (Å²) in [5.41, 5.74) is -10.2. The van der Waals surface area contributed by atoms with E-state index in [0.29, 0.717) is 0 Å². The molecule has 4 nitrogen and oxygen atoms in total. The Labute approximate surface area is 226 Å². The monoisotopic (exact) mass is 680 g/mol. The molecule has 0 spiro atoms. The Kier molecular flexibility index (Phi) is 10.8. The van der Waals surface area contributed by atoms with Crippen molar-refractivity contribution in [2.75, 3.05) is 6.61 Å². The maximum absolute atomic E-state index is 14.3. The molecule has 0 aliphatic heterocycles. The van der Waals surface area contributed by atoms with E-state index in [1.165, 1.54) is 0 Å². The van der Waals surface area contributed by atoms with Crippen molar-refractivity contribution in [1.29, 1.82) is 0 Å². The highest BCUT2D eigenvalue weighted by molar-refractivity contribution is 5.87. The molecule has 0 amide bonds. The molecule has 1 atom stereocenters. The molecule has 0 aliphatic carbocycles. The third kappa shape index (κ3) is 6.48. The normalized spacial score (nSPS) is 15.6. The van der Waals surface area contributed by atoms with Crippen LogP contribution in [-0.4, -0.2) is 78.2 Å². The highest BCUT2D eigenvalue weighted by Crippen LogP contribution is 2.66. The summed E-state index contributed by atoms with van der Waals surface area (Å²) in [4.78, 5) is 22.9. The Bertz CT molecular complexity index is 1070. The van der Waals surface area contributed by atoms with Gasteiger partial charge in [0.2, 0.25) is 0 Å². The van der Waals surface area contributed by atoms with E-state index in [-0.39, 0.29) is 0 Å². The Morgan fingerprint density at radius 3 is 1.21 bits per heavy atom. The molecular formula is C20H15F19O4. The van der Waals surface area contributed by atoms with Gasteiger partial charge >= 0.3 is 65.5 Å². The molecule has 0 aromatic rings. The zero-order valence-corrected chi connectivity index (χ0v) is 20.7. The number of carbonyl (C=O) groups excluding carboxylic acids is 2. The van der Waals surface area contributed by atoms with Gasteiger partial charge in [-0.1, -0.05) is 13.2 Å². The largest absolute Gasteiger partial charge is 0.458 e. The van der Waals surface area contributed by atoms with Gasteiger partial charge in [-0.05, 0) is 13.8 Å². The average Bonchev–Trinajstić information content (AvgIpc) is 2.78. The molecule has 0 N–H and O–H groups in total. The lowest BCUT2D eigenvalue weighted by Gasteiger charge is -2.45. The summed E-state index contributed by atoms with van der Waals surface area (Å²) in [6.45, 7) is 5.55. The molecule has 0 bridgehead atoms. The number of carbonyl (C=O) groups is 2. The first-order valence-corrected chi connectivity index (χ1v) is 10.3. The summed E-state index contributed by atoms with van der Waals surface area (Å²) in [7, 11) is 0. The molecule has 43 heavy (non-hydrogen) atoms. The second kappa shape index (κ2) is 11.5. The first-order chi connectivity index (χ1) is 18.5. The Morgan fingerprint density at radius 2 is 0.884 bits per heavy atom. The minimum Gasteiger partial charge on any atom is -0.458 e. The number of hydrogen-bond acceptors (Lipinski definition) is 4. The molecule has 0 saturated carbocycles. The molecule has 0 fully saturated rings. The maximum Gasteiger partial charge on any atom is 0.438 e. The molecule has 0 aromatic carbocycles. The Morgan fingerprint density at radius 1 is 0.558 bits per heavy atom. The van der Waals surface area contributed by atoms with Crippen LogP contribution in [-0.2, 0) is 19.1 Å². The molecule has 23 heteroatoms. The lowest BCUT2D eigenvalue weighted by atomic mass is 9.83. The fourth-order valence-electron chi connectivity index (χ4n) is 2.65. The summed E-state index contributed by atoms with van der Waals surface area (Å²) in [6.07, 6.45) is -23.1. The smallest absolute Gasteiger partial charge is 0.438 e. The van der Waals surface area contributed by atoms with Crippen LogP contribution < -0.4 is 0 Å². The summed E-state index contributed by atoms with van der Waals surface area (Å²) in [6, 6.07) is 0. The van der Waals surface area contributed by atoms with Gasteiger partial charge in [-0.3, -0.25) is 0 Å². The van der Waals surface area contributed by atoms with Crippen LogP contribution in [0.4, 0.5) is 83.4 Å². The van der Waals surface area contributed by atoms with Gasteiger partial charge in [0, 0.05) is 11.1 Å². The summed E-state index contributed by atoms with van der Waals surface area (Å²) in [5, 5.41) is 0. The van der Waals surface area contributed by atoms with E-state index < -0.39 is 95.8 Å². The fraction of sp³-hybridized carbons (Fsp3) is 0.700. The van der Waals surface area contributed by atoms with E-state index in [1.54, 1.807) is 0 Å². The van der Waals surface area contributed by atoms with E-state index in [0.717, 1.165) is 13.8 Å². The van der Waals surface area contributed by atoms with E-state index in [9.17, 15) is 93.0 Å². The Balaban J connectivity index is 6.99. The molecule has 0 heterocycles. The van der Waals surface area contributed by atoms with Crippen LogP contribution in [0.2, 0.25) is 0 Å². The third-order valence-electron chi connectivity index (χ3n) is 5.11. The van der Waals surface area contributed by atoms with Gasteiger partial charge in [0.15, 0.2) is 0 Å². The van der Waals surface area contributed by atoms with Crippen molar-refractivity contribution in [1.82, 2.24) is 0 Å². The van der Waals surface area contributed by atoms with Gasteiger partial charge in [-0.15, -0.1) is 0 Å². The van der Waals surface area contributed by atoms with Crippen LogP contribution >= 0.6 is 0 Å². The van der Waals surface area contributed by atoms with Gasteiger partial charge in [0.1, 0.15) is 12.7 Å². The highest BCUT2D eigenvalue weighted by atomic mass is 19.4. The van der Waals surface area contributed by atoms with Crippen molar-refractivity contribution in [2.45, 2.75) is 79.9 Å². The molecule has 1 unspecified atom stereocenters. The van der Waals surface area contributed by atoms with Crippen LogP contribution in [0, 0.1) is 0 Å². The topological polar surface area (TPSA) is 52.6 Å². The average molecular weight is 680 g/mol. The van der Waals surface area contributed by atoms with Crippen molar-refractivity contribution in [3.63, 3.8) is 0 Å². The molecule has 0 radical (unpaired) electrons. The lowest BCUT2D eigenvalue weighted by molar-refractivity contribution is -0.472. The van der Waals surface area contributed by atoms with Crippen molar-refractivity contribution in [3.8, 4) is 0 Å². The predicted octanol–water partition coefficient (Wildman–Crippen LogP) is 7.63. The number of rotatable bonds is 13. The first-order valence-electron chi connectivity index (χ1n) is 10.3. The summed E-state index contributed by atoms with van der Waals surface area (Å²) >= 11 is 0. The number of esters is 2. The maximum atomic E-state index is 14.3. The van der Waals surface area contributed by atoms with E-state index >= 15 is 0 Å². The molecule has 0 aromatic heterocycles. The van der Waals surface area contributed by atoms with E-state index in [4.69, 9.17) is 0 Å². The zero-order valence-electron chi connectivity index (χ0n) is 20.7. The van der Waals surface area contributed by atoms with Crippen LogP contribution in [0.1, 0.15) is 20.3 Å². The van der Waals surface area contributed by atoms with Crippen molar-refractivity contribution >= 4 is 11.9 Å². The summed E-state index contributed by atoms with van der Waals surface area (Å²) < 4.78 is 265. The molecular weight excluding hydrogens is 665 g/mol. The van der Waals surface area contributed by atoms with Crippen molar-refractivity contribution < 1.29 is 102 Å². The first kappa shape index (κ1) is 40.1. The SMILES string of the molecule is C=C(C)C(=O)OCC(CC(F)(F)C(F)(F)C(F)(F)C(F)(F)C(F)(F)C(F)(F)C(F)(C(F)(F)F)C(F)(F)F)OC(=O)C(=C)C. The second-order valence-corrected chi connectivity index (χ2v) is 8.62. The minimum atomic E-state index is -9.16. The van der Waals surface area contributed by atoms with Crippen molar-refractivity contribution in [2.24, 2.45) is 0 Å². The molecule has 0 saturated heterocycles. The number of halogens is 19. The summed E-state index contributed by atoms with van der Waals surface area (Å²) in [5.74, 6) is -54.7. The fourth-order valence-corrected chi connectivity index (χ4v) is 2.65. The van der Waals surface area contributed by atoms with Crippen LogP contribution in [0.5, 0.6) is 0 Å². The number of hydrogen-bond donors (Lipinski definition) is 0. The number of alkyl halides is 19. The van der Waals surface area contributed by atoms with Crippen LogP contribution in [0.15, 0.2) is 24.3 Å². The van der Waals surface area contributed by atoms with E-state index in [1.807, 2.05) is 0 Å². The van der Waals surface area contributed by atoms with Crippen molar-refractivity contribution in [3.05, 3.63) is 24.3 Å². The highest BCUT2D eigenvalue weighted by Gasteiger charge is 2.98. The molecule has 0 aliphatic rings. The van der Waals surface area contributed by atoms with Gasteiger partial charge in [0.05, 0.1) is 6.42 Å². The van der Waals surface area contributed by atoms with Gasteiger partial charge in [-0.25, -0.2) is 14.0 Å². The quantitative estimate of drug-likeness (QED) is 0.114. The van der Waals surface area contributed by atoms with E-state index in [2.05, 4.69) is 22.6 Å². The van der Waals surface area contributed by atoms with Crippen LogP contribution in [0.3, 0.4) is 0 Å². The Hall–Kier alpha value is -2.91. The third-order valence-corrected chi connectivity index (χ3v) is 5.11. The second-order valence-electron chi connectivity index (χ2n) is 8.62. The minimum absolute atomic E-state index is 0.585. The predicted molar refractivity (Wildman–Crippen MR) is 101 cm³/mol. The number of ether oxygens (including phenoxy) is 2. The zero-order chi connectivity index (χ0) is 35.2. The van der Waals surface area contributed by atoms with Gasteiger partial charge in [-0.2, -0.15) is 79.0 Å². The standard InChI is InChI=1S/C20H15F19O4/c1-7(2)10(40)42-6-9(43-11(41)8(3)4)5-12(21,22)14(24,25)16(28,29)18(32,33)17(30,31)15(26,27)13(23,19(34,35)36)20(37,38)39/h9H,1,3,5-6H2,2,4H3.